The lowest BCUT2D eigenvalue weighted by molar-refractivity contribution is -0.150. The van der Waals surface area contributed by atoms with Gasteiger partial charge in [0.15, 0.2) is 0 Å². The molecular weight excluding hydrogens is 294 g/mol. The van der Waals surface area contributed by atoms with Crippen LogP contribution in [0.2, 0.25) is 0 Å². The van der Waals surface area contributed by atoms with Gasteiger partial charge in [0.25, 0.3) is 0 Å². The van der Waals surface area contributed by atoms with Crippen molar-refractivity contribution < 1.29 is 19.4 Å². The summed E-state index contributed by atoms with van der Waals surface area (Å²) in [6.07, 6.45) is 4.51. The Bertz CT molecular complexity index is 574. The maximum Gasteiger partial charge on any atom is 0.410 e. The lowest BCUT2D eigenvalue weighted by Gasteiger charge is -2.33. The summed E-state index contributed by atoms with van der Waals surface area (Å²) in [5.41, 5.74) is 0.160. The SMILES string of the molecule is O=C(OCc1ccccc1)N1CC[C@]2(C(=O)O)CCCCC[C@H]12. The van der Waals surface area contributed by atoms with Crippen LogP contribution in [0.15, 0.2) is 30.3 Å². The second kappa shape index (κ2) is 6.60. The van der Waals surface area contributed by atoms with E-state index >= 15 is 0 Å². The lowest BCUT2D eigenvalue weighted by Crippen LogP contribution is -2.46. The van der Waals surface area contributed by atoms with E-state index in [9.17, 15) is 14.7 Å². The van der Waals surface area contributed by atoms with Gasteiger partial charge in [-0.1, -0.05) is 49.6 Å². The summed E-state index contributed by atoms with van der Waals surface area (Å²) in [7, 11) is 0. The molecule has 0 unspecified atom stereocenters. The van der Waals surface area contributed by atoms with E-state index in [1.165, 1.54) is 0 Å². The normalized spacial score (nSPS) is 27.1. The molecule has 3 rings (SSSR count). The molecule has 0 aromatic heterocycles. The molecule has 0 bridgehead atoms. The van der Waals surface area contributed by atoms with Gasteiger partial charge in [0.2, 0.25) is 0 Å². The second-order valence-electron chi connectivity index (χ2n) is 6.56. The van der Waals surface area contributed by atoms with Crippen molar-refractivity contribution in [1.82, 2.24) is 4.90 Å². The zero-order valence-corrected chi connectivity index (χ0v) is 13.2. The fraction of sp³-hybridized carbons (Fsp3) is 0.556. The molecule has 1 aliphatic carbocycles. The first-order valence-corrected chi connectivity index (χ1v) is 8.34. The molecule has 5 heteroatoms. The van der Waals surface area contributed by atoms with E-state index in [0.717, 1.165) is 31.2 Å². The highest BCUT2D eigenvalue weighted by Crippen LogP contribution is 2.46. The van der Waals surface area contributed by atoms with Crippen molar-refractivity contribution in [2.24, 2.45) is 5.41 Å². The number of carbonyl (C=O) groups excluding carboxylic acids is 1. The lowest BCUT2D eigenvalue weighted by atomic mass is 9.76. The number of benzene rings is 1. The van der Waals surface area contributed by atoms with Gasteiger partial charge in [-0.15, -0.1) is 0 Å². The van der Waals surface area contributed by atoms with Crippen LogP contribution in [0.3, 0.4) is 0 Å². The van der Waals surface area contributed by atoms with Crippen molar-refractivity contribution in [1.29, 1.82) is 0 Å². The summed E-state index contributed by atoms with van der Waals surface area (Å²) in [5.74, 6) is -0.761. The number of ether oxygens (including phenoxy) is 1. The van der Waals surface area contributed by atoms with Crippen LogP contribution in [-0.4, -0.2) is 34.7 Å². The monoisotopic (exact) mass is 317 g/mol. The number of likely N-dealkylation sites (tertiary alicyclic amines) is 1. The molecular formula is C18H23NO4. The Labute approximate surface area is 136 Å². The van der Waals surface area contributed by atoms with Crippen LogP contribution in [0, 0.1) is 5.41 Å². The molecule has 1 N–H and O–H groups in total. The van der Waals surface area contributed by atoms with Crippen LogP contribution < -0.4 is 0 Å². The standard InChI is InChI=1S/C18H23NO4/c20-16(21)18-10-6-2-5-9-15(18)19(12-11-18)17(22)23-13-14-7-3-1-4-8-14/h1,3-4,7-8,15H,2,5-6,9-13H2,(H,20,21)/t15-,18+/m0/s1. The van der Waals surface area contributed by atoms with E-state index < -0.39 is 11.4 Å². The second-order valence-corrected chi connectivity index (χ2v) is 6.56. The Kier molecular flexibility index (Phi) is 4.55. The first-order chi connectivity index (χ1) is 11.1. The van der Waals surface area contributed by atoms with Gasteiger partial charge in [0.1, 0.15) is 6.61 Å². The molecule has 1 aliphatic heterocycles. The molecule has 2 aliphatic rings. The molecule has 5 nitrogen and oxygen atoms in total. The Morgan fingerprint density at radius 2 is 1.96 bits per heavy atom. The topological polar surface area (TPSA) is 66.8 Å². The Morgan fingerprint density at radius 3 is 2.70 bits per heavy atom. The molecule has 1 saturated heterocycles. The van der Waals surface area contributed by atoms with E-state index in [1.54, 1.807) is 4.90 Å². The fourth-order valence-electron chi connectivity index (χ4n) is 4.00. The zero-order valence-electron chi connectivity index (χ0n) is 13.2. The largest absolute Gasteiger partial charge is 0.481 e. The minimum atomic E-state index is -0.776. The van der Waals surface area contributed by atoms with Crippen LogP contribution in [0.1, 0.15) is 44.1 Å². The summed E-state index contributed by atoms with van der Waals surface area (Å²) >= 11 is 0. The van der Waals surface area contributed by atoms with E-state index in [0.29, 0.717) is 19.4 Å². The Morgan fingerprint density at radius 1 is 1.17 bits per heavy atom. The first kappa shape index (κ1) is 15.8. The number of carboxylic acid groups (broad SMARTS) is 1. The van der Waals surface area contributed by atoms with Gasteiger partial charge < -0.3 is 14.7 Å². The summed E-state index contributed by atoms with van der Waals surface area (Å²) in [4.78, 5) is 26.0. The number of nitrogens with zero attached hydrogens (tertiary/aromatic N) is 1. The first-order valence-electron chi connectivity index (χ1n) is 8.34. The average molecular weight is 317 g/mol. The molecule has 0 spiro atoms. The summed E-state index contributed by atoms with van der Waals surface area (Å²) in [6.45, 7) is 0.702. The van der Waals surface area contributed by atoms with Gasteiger partial charge in [0, 0.05) is 6.54 Å². The number of carbonyl (C=O) groups is 2. The average Bonchev–Trinajstić information content (AvgIpc) is 2.80. The third kappa shape index (κ3) is 3.05. The summed E-state index contributed by atoms with van der Waals surface area (Å²) in [5, 5.41) is 9.75. The van der Waals surface area contributed by atoms with Crippen molar-refractivity contribution in [2.45, 2.75) is 51.2 Å². The Balaban J connectivity index is 1.70. The van der Waals surface area contributed by atoms with Gasteiger partial charge in [-0.2, -0.15) is 0 Å². The van der Waals surface area contributed by atoms with E-state index in [-0.39, 0.29) is 18.7 Å². The highest BCUT2D eigenvalue weighted by molar-refractivity contribution is 5.79. The van der Waals surface area contributed by atoms with Crippen LogP contribution in [0.25, 0.3) is 0 Å². The van der Waals surface area contributed by atoms with E-state index in [2.05, 4.69) is 0 Å². The molecule has 2 fully saturated rings. The molecule has 2 atom stereocenters. The number of fused-ring (bicyclic) bond motifs is 1. The third-order valence-electron chi connectivity index (χ3n) is 5.28. The van der Waals surface area contributed by atoms with Crippen molar-refractivity contribution in [3.05, 3.63) is 35.9 Å². The zero-order chi connectivity index (χ0) is 16.3. The van der Waals surface area contributed by atoms with Crippen LogP contribution >= 0.6 is 0 Å². The molecule has 124 valence electrons. The van der Waals surface area contributed by atoms with Crippen molar-refractivity contribution >= 4 is 12.1 Å². The van der Waals surface area contributed by atoms with Crippen molar-refractivity contribution in [3.8, 4) is 0 Å². The predicted molar refractivity (Wildman–Crippen MR) is 84.9 cm³/mol. The van der Waals surface area contributed by atoms with Crippen molar-refractivity contribution in [2.75, 3.05) is 6.54 Å². The fourth-order valence-corrected chi connectivity index (χ4v) is 4.00. The van der Waals surface area contributed by atoms with E-state index in [4.69, 9.17) is 4.74 Å². The summed E-state index contributed by atoms with van der Waals surface area (Å²) < 4.78 is 5.42. The quantitative estimate of drug-likeness (QED) is 0.927. The minimum Gasteiger partial charge on any atom is -0.481 e. The van der Waals surface area contributed by atoms with Gasteiger partial charge in [-0.25, -0.2) is 4.79 Å². The van der Waals surface area contributed by atoms with Crippen LogP contribution in [0.4, 0.5) is 4.79 Å². The van der Waals surface area contributed by atoms with Crippen molar-refractivity contribution in [3.63, 3.8) is 0 Å². The highest BCUT2D eigenvalue weighted by Gasteiger charge is 2.54. The number of hydrogen-bond acceptors (Lipinski definition) is 3. The summed E-state index contributed by atoms with van der Waals surface area (Å²) in [6, 6.07) is 9.30. The van der Waals surface area contributed by atoms with Crippen LogP contribution in [-0.2, 0) is 16.1 Å². The van der Waals surface area contributed by atoms with Crippen LogP contribution in [0.5, 0.6) is 0 Å². The minimum absolute atomic E-state index is 0.225. The van der Waals surface area contributed by atoms with E-state index in [1.807, 2.05) is 30.3 Å². The molecule has 1 saturated carbocycles. The maximum absolute atomic E-state index is 12.5. The highest BCUT2D eigenvalue weighted by atomic mass is 16.6. The Hall–Kier alpha value is -2.04. The molecule has 1 aromatic rings. The maximum atomic E-state index is 12.5. The molecule has 1 amide bonds. The molecule has 1 heterocycles. The predicted octanol–water partition coefficient (Wildman–Crippen LogP) is 3.43. The molecule has 1 aromatic carbocycles. The van der Waals surface area contributed by atoms with Gasteiger partial charge in [0.05, 0.1) is 11.5 Å². The number of aliphatic carboxylic acids is 1. The third-order valence-corrected chi connectivity index (χ3v) is 5.28. The van der Waals surface area contributed by atoms with Gasteiger partial charge in [-0.3, -0.25) is 4.79 Å². The smallest absolute Gasteiger partial charge is 0.410 e. The number of hydrogen-bond donors (Lipinski definition) is 1. The number of rotatable bonds is 3. The molecule has 0 radical (unpaired) electrons. The van der Waals surface area contributed by atoms with Gasteiger partial charge in [-0.05, 0) is 24.8 Å². The molecule has 23 heavy (non-hydrogen) atoms. The number of amides is 1. The van der Waals surface area contributed by atoms with Gasteiger partial charge >= 0.3 is 12.1 Å². The number of carboxylic acids is 1.